The Morgan fingerprint density at radius 3 is 2.84 bits per heavy atom. The number of hydrogen-bond donors (Lipinski definition) is 2. The SMILES string of the molecule is COc1cccc(NC(N)=NCC(c2ccco2)N2CCCCC2)c1. The number of likely N-dealkylation sites (tertiary alicyclic amines) is 1. The van der Waals surface area contributed by atoms with Crippen LogP contribution in [0.3, 0.4) is 0 Å². The van der Waals surface area contributed by atoms with Crippen LogP contribution in [0.2, 0.25) is 0 Å². The first-order chi connectivity index (χ1) is 12.3. The average Bonchev–Trinajstić information content (AvgIpc) is 3.17. The highest BCUT2D eigenvalue weighted by molar-refractivity contribution is 5.92. The van der Waals surface area contributed by atoms with Crippen molar-refractivity contribution < 1.29 is 9.15 Å². The lowest BCUT2D eigenvalue weighted by Gasteiger charge is -2.32. The highest BCUT2D eigenvalue weighted by Gasteiger charge is 2.24. The maximum Gasteiger partial charge on any atom is 0.193 e. The van der Waals surface area contributed by atoms with Gasteiger partial charge in [0, 0.05) is 11.8 Å². The second-order valence-electron chi connectivity index (χ2n) is 6.21. The first-order valence-electron chi connectivity index (χ1n) is 8.74. The largest absolute Gasteiger partial charge is 0.497 e. The first-order valence-corrected chi connectivity index (χ1v) is 8.74. The van der Waals surface area contributed by atoms with Gasteiger partial charge in [0.05, 0.1) is 26.0 Å². The van der Waals surface area contributed by atoms with Crippen LogP contribution in [0.4, 0.5) is 5.69 Å². The summed E-state index contributed by atoms with van der Waals surface area (Å²) in [6, 6.07) is 11.7. The van der Waals surface area contributed by atoms with Crippen LogP contribution in [-0.4, -0.2) is 37.6 Å². The van der Waals surface area contributed by atoms with Crippen LogP contribution < -0.4 is 15.8 Å². The Morgan fingerprint density at radius 2 is 2.12 bits per heavy atom. The van der Waals surface area contributed by atoms with Crippen molar-refractivity contribution in [1.82, 2.24) is 4.90 Å². The number of nitrogens with zero attached hydrogens (tertiary/aromatic N) is 2. The highest BCUT2D eigenvalue weighted by Crippen LogP contribution is 2.25. The van der Waals surface area contributed by atoms with E-state index in [9.17, 15) is 0 Å². The Hall–Kier alpha value is -2.47. The molecule has 0 aliphatic carbocycles. The second-order valence-corrected chi connectivity index (χ2v) is 6.21. The second kappa shape index (κ2) is 8.58. The molecule has 2 heterocycles. The number of anilines is 1. The minimum Gasteiger partial charge on any atom is -0.497 e. The predicted molar refractivity (Wildman–Crippen MR) is 100.0 cm³/mol. The lowest BCUT2D eigenvalue weighted by molar-refractivity contribution is 0.150. The number of nitrogens with two attached hydrogens (primary N) is 1. The Balaban J connectivity index is 1.67. The molecule has 134 valence electrons. The van der Waals surface area contributed by atoms with Crippen LogP contribution in [0.5, 0.6) is 5.75 Å². The van der Waals surface area contributed by atoms with Crippen molar-refractivity contribution in [3.63, 3.8) is 0 Å². The highest BCUT2D eigenvalue weighted by atomic mass is 16.5. The summed E-state index contributed by atoms with van der Waals surface area (Å²) in [5.74, 6) is 2.11. The fourth-order valence-electron chi connectivity index (χ4n) is 3.17. The van der Waals surface area contributed by atoms with Crippen molar-refractivity contribution in [2.75, 3.05) is 32.1 Å². The zero-order valence-electron chi connectivity index (χ0n) is 14.6. The zero-order valence-corrected chi connectivity index (χ0v) is 14.6. The van der Waals surface area contributed by atoms with Crippen molar-refractivity contribution >= 4 is 11.6 Å². The van der Waals surface area contributed by atoms with Gasteiger partial charge in [0.25, 0.3) is 0 Å². The quantitative estimate of drug-likeness (QED) is 0.622. The van der Waals surface area contributed by atoms with Gasteiger partial charge in [0.15, 0.2) is 5.96 Å². The van der Waals surface area contributed by atoms with Gasteiger partial charge in [0.1, 0.15) is 11.5 Å². The smallest absolute Gasteiger partial charge is 0.193 e. The number of furan rings is 1. The van der Waals surface area contributed by atoms with E-state index in [-0.39, 0.29) is 6.04 Å². The van der Waals surface area contributed by atoms with Crippen LogP contribution in [0.25, 0.3) is 0 Å². The summed E-state index contributed by atoms with van der Waals surface area (Å²) >= 11 is 0. The third-order valence-electron chi connectivity index (χ3n) is 4.48. The number of aliphatic imine (C=N–C) groups is 1. The number of hydrogen-bond acceptors (Lipinski definition) is 4. The van der Waals surface area contributed by atoms with Gasteiger partial charge in [-0.2, -0.15) is 0 Å². The van der Waals surface area contributed by atoms with Gasteiger partial charge in [-0.3, -0.25) is 9.89 Å². The molecule has 3 N–H and O–H groups in total. The number of methoxy groups -OCH3 is 1. The molecule has 3 rings (SSSR count). The van der Waals surface area contributed by atoms with Gasteiger partial charge < -0.3 is 20.2 Å². The van der Waals surface area contributed by atoms with E-state index >= 15 is 0 Å². The molecular weight excluding hydrogens is 316 g/mol. The van der Waals surface area contributed by atoms with Gasteiger partial charge in [0.2, 0.25) is 0 Å². The minimum atomic E-state index is 0.126. The Bertz CT molecular complexity index is 678. The van der Waals surface area contributed by atoms with E-state index in [1.165, 1.54) is 19.3 Å². The topological polar surface area (TPSA) is 76.0 Å². The van der Waals surface area contributed by atoms with Gasteiger partial charge >= 0.3 is 0 Å². The molecule has 0 radical (unpaired) electrons. The maximum atomic E-state index is 6.08. The molecule has 1 aliphatic rings. The van der Waals surface area contributed by atoms with E-state index in [1.807, 2.05) is 36.4 Å². The number of benzene rings is 1. The molecule has 6 heteroatoms. The zero-order chi connectivity index (χ0) is 17.5. The van der Waals surface area contributed by atoms with E-state index in [1.54, 1.807) is 13.4 Å². The lowest BCUT2D eigenvalue weighted by Crippen LogP contribution is -2.36. The van der Waals surface area contributed by atoms with Gasteiger partial charge in [-0.05, 0) is 50.2 Å². The molecular formula is C19H26N4O2. The predicted octanol–water partition coefficient (Wildman–Crippen LogP) is 3.24. The number of nitrogens with one attached hydrogen (secondary N) is 1. The standard InChI is InChI=1S/C19H26N4O2/c1-24-16-8-5-7-15(13-16)22-19(20)21-14-17(18-9-6-12-25-18)23-10-3-2-4-11-23/h5-9,12-13,17H,2-4,10-11,14H2,1H3,(H3,20,21,22). The lowest BCUT2D eigenvalue weighted by atomic mass is 10.1. The van der Waals surface area contributed by atoms with E-state index in [0.29, 0.717) is 12.5 Å². The summed E-state index contributed by atoms with van der Waals surface area (Å²) in [4.78, 5) is 6.98. The molecule has 1 atom stereocenters. The molecule has 0 amide bonds. The molecule has 0 spiro atoms. The molecule has 0 bridgehead atoms. The number of ether oxygens (including phenoxy) is 1. The monoisotopic (exact) mass is 342 g/mol. The summed E-state index contributed by atoms with van der Waals surface area (Å²) in [7, 11) is 1.64. The van der Waals surface area contributed by atoms with Crippen molar-refractivity contribution in [2.45, 2.75) is 25.3 Å². The summed E-state index contributed by atoms with van der Waals surface area (Å²) in [5.41, 5.74) is 6.93. The summed E-state index contributed by atoms with van der Waals surface area (Å²) in [5, 5.41) is 3.12. The summed E-state index contributed by atoms with van der Waals surface area (Å²) in [6.07, 6.45) is 5.45. The van der Waals surface area contributed by atoms with Crippen molar-refractivity contribution in [1.29, 1.82) is 0 Å². The normalized spacial score (nSPS) is 17.2. The molecule has 2 aromatic rings. The van der Waals surface area contributed by atoms with E-state index in [0.717, 1.165) is 30.3 Å². The fraction of sp³-hybridized carbons (Fsp3) is 0.421. The van der Waals surface area contributed by atoms with Gasteiger partial charge in [-0.1, -0.05) is 12.5 Å². The molecule has 25 heavy (non-hydrogen) atoms. The van der Waals surface area contributed by atoms with E-state index < -0.39 is 0 Å². The van der Waals surface area contributed by atoms with Crippen LogP contribution in [0.1, 0.15) is 31.1 Å². The molecule has 0 saturated carbocycles. The van der Waals surface area contributed by atoms with Crippen LogP contribution >= 0.6 is 0 Å². The number of rotatable bonds is 6. The first kappa shape index (κ1) is 17.4. The molecule has 1 fully saturated rings. The van der Waals surface area contributed by atoms with E-state index in [2.05, 4.69) is 15.2 Å². The molecule has 6 nitrogen and oxygen atoms in total. The van der Waals surface area contributed by atoms with Crippen molar-refractivity contribution in [3.8, 4) is 5.75 Å². The number of guanidine groups is 1. The third kappa shape index (κ3) is 4.76. The van der Waals surface area contributed by atoms with Crippen LogP contribution in [0, 0.1) is 0 Å². The van der Waals surface area contributed by atoms with Crippen molar-refractivity contribution in [2.24, 2.45) is 10.7 Å². The summed E-state index contributed by atoms with van der Waals surface area (Å²) in [6.45, 7) is 2.71. The van der Waals surface area contributed by atoms with Gasteiger partial charge in [-0.25, -0.2) is 0 Å². The van der Waals surface area contributed by atoms with Crippen LogP contribution in [0.15, 0.2) is 52.1 Å². The molecule has 1 unspecified atom stereocenters. The average molecular weight is 342 g/mol. The fourth-order valence-corrected chi connectivity index (χ4v) is 3.17. The molecule has 1 aromatic carbocycles. The molecule has 1 aromatic heterocycles. The molecule has 1 saturated heterocycles. The number of piperidine rings is 1. The Morgan fingerprint density at radius 1 is 1.28 bits per heavy atom. The minimum absolute atomic E-state index is 0.126. The maximum absolute atomic E-state index is 6.08. The van der Waals surface area contributed by atoms with Crippen molar-refractivity contribution in [3.05, 3.63) is 48.4 Å². The Kier molecular flexibility index (Phi) is 5.95. The Labute approximate surface area is 148 Å². The van der Waals surface area contributed by atoms with Gasteiger partial charge in [-0.15, -0.1) is 0 Å². The van der Waals surface area contributed by atoms with E-state index in [4.69, 9.17) is 14.9 Å². The van der Waals surface area contributed by atoms with Crippen LogP contribution in [-0.2, 0) is 0 Å². The molecule has 1 aliphatic heterocycles. The summed E-state index contributed by atoms with van der Waals surface area (Å²) < 4.78 is 10.9. The third-order valence-corrected chi connectivity index (χ3v) is 4.48.